The molecule has 1 saturated carbocycles. The number of nitrogens with zero attached hydrogens (tertiary/aromatic N) is 1. The highest BCUT2D eigenvalue weighted by Gasteiger charge is 2.44. The van der Waals surface area contributed by atoms with Crippen molar-refractivity contribution in [3.63, 3.8) is 0 Å². The van der Waals surface area contributed by atoms with E-state index in [9.17, 15) is 4.79 Å². The summed E-state index contributed by atoms with van der Waals surface area (Å²) in [7, 11) is 3.56. The van der Waals surface area contributed by atoms with Crippen molar-refractivity contribution in [2.45, 2.75) is 25.3 Å². The Hall–Kier alpha value is -0.610. The predicted molar refractivity (Wildman–Crippen MR) is 47.1 cm³/mol. The van der Waals surface area contributed by atoms with Crippen LogP contribution in [0.1, 0.15) is 19.8 Å². The quantitative estimate of drug-likeness (QED) is 0.573. The van der Waals surface area contributed by atoms with Gasteiger partial charge >= 0.3 is 0 Å². The Kier molecular flexibility index (Phi) is 2.39. The smallest absolute Gasteiger partial charge is 0.254 e. The van der Waals surface area contributed by atoms with Crippen LogP contribution in [0.3, 0.4) is 0 Å². The molecule has 0 aliphatic heterocycles. The molecule has 1 aliphatic carbocycles. The maximum Gasteiger partial charge on any atom is 0.254 e. The van der Waals surface area contributed by atoms with Gasteiger partial charge in [0.2, 0.25) is 0 Å². The maximum absolute atomic E-state index is 11.5. The molecule has 0 heterocycles. The highest BCUT2D eigenvalue weighted by Crippen LogP contribution is 2.37. The van der Waals surface area contributed by atoms with E-state index in [1.54, 1.807) is 26.0 Å². The highest BCUT2D eigenvalue weighted by molar-refractivity contribution is 5.85. The molecule has 0 aromatic rings. The number of carbonyl (C=O) groups excluding carboxylic acids is 1. The number of rotatable bonds is 3. The van der Waals surface area contributed by atoms with E-state index in [-0.39, 0.29) is 5.91 Å². The van der Waals surface area contributed by atoms with Gasteiger partial charge in [-0.05, 0) is 25.7 Å². The Morgan fingerprint density at radius 2 is 2.08 bits per heavy atom. The van der Waals surface area contributed by atoms with Crippen LogP contribution >= 0.6 is 0 Å². The first-order valence-corrected chi connectivity index (χ1v) is 4.22. The lowest BCUT2D eigenvalue weighted by molar-refractivity contribution is -0.130. The second-order valence-corrected chi connectivity index (χ2v) is 3.89. The Morgan fingerprint density at radius 1 is 1.58 bits per heavy atom. The minimum Gasteiger partial charge on any atom is -0.317 e. The molecule has 4 nitrogen and oxygen atoms in total. The van der Waals surface area contributed by atoms with E-state index < -0.39 is 5.54 Å². The van der Waals surface area contributed by atoms with Crippen LogP contribution in [0.25, 0.3) is 0 Å². The molecule has 1 rings (SSSR count). The number of hydrogen-bond donors (Lipinski definition) is 2. The topological polar surface area (TPSA) is 58.4 Å². The van der Waals surface area contributed by atoms with Crippen molar-refractivity contribution in [3.8, 4) is 0 Å². The zero-order valence-corrected chi connectivity index (χ0v) is 7.92. The van der Waals surface area contributed by atoms with Gasteiger partial charge in [-0.15, -0.1) is 0 Å². The summed E-state index contributed by atoms with van der Waals surface area (Å²) in [6.07, 6.45) is 2.15. The number of nitrogens with two attached hydrogens (primary N) is 1. The minimum atomic E-state index is -0.690. The molecule has 0 bridgehead atoms. The van der Waals surface area contributed by atoms with E-state index in [1.807, 2.05) is 0 Å². The molecule has 0 saturated heterocycles. The van der Waals surface area contributed by atoms with Gasteiger partial charge in [0.15, 0.2) is 0 Å². The molecule has 1 unspecified atom stereocenters. The lowest BCUT2D eigenvalue weighted by atomic mass is 9.97. The molecular weight excluding hydrogens is 154 g/mol. The molecule has 1 amide bonds. The Labute approximate surface area is 73.1 Å². The molecule has 0 spiro atoms. The van der Waals surface area contributed by atoms with E-state index in [0.717, 1.165) is 12.8 Å². The van der Waals surface area contributed by atoms with Crippen LogP contribution in [0.15, 0.2) is 0 Å². The van der Waals surface area contributed by atoms with Crippen molar-refractivity contribution in [2.24, 2.45) is 11.7 Å². The van der Waals surface area contributed by atoms with Crippen LogP contribution in [0.2, 0.25) is 0 Å². The molecule has 1 atom stereocenters. The highest BCUT2D eigenvalue weighted by atomic mass is 16.2. The molecule has 0 aromatic heterocycles. The van der Waals surface area contributed by atoms with Gasteiger partial charge in [0.05, 0.1) is 5.54 Å². The van der Waals surface area contributed by atoms with Crippen molar-refractivity contribution in [2.75, 3.05) is 14.1 Å². The Morgan fingerprint density at radius 3 is 2.42 bits per heavy atom. The Balaban J connectivity index is 2.49. The van der Waals surface area contributed by atoms with E-state index in [1.165, 1.54) is 0 Å². The van der Waals surface area contributed by atoms with Crippen molar-refractivity contribution in [1.29, 1.82) is 0 Å². The summed E-state index contributed by atoms with van der Waals surface area (Å²) in [4.78, 5) is 11.5. The minimum absolute atomic E-state index is 0.0880. The molecule has 3 N–H and O–H groups in total. The van der Waals surface area contributed by atoms with Gasteiger partial charge in [-0.25, -0.2) is 5.01 Å². The first kappa shape index (κ1) is 9.48. The third kappa shape index (κ3) is 1.95. The van der Waals surface area contributed by atoms with Gasteiger partial charge in [0.25, 0.3) is 5.91 Å². The summed E-state index contributed by atoms with van der Waals surface area (Å²) in [5.74, 6) is 0.285. The SMILES string of the molecule is CN(C)NC(=O)C(C)(N)C1CC1. The summed E-state index contributed by atoms with van der Waals surface area (Å²) in [6, 6.07) is 0. The number of hydrogen-bond acceptors (Lipinski definition) is 3. The maximum atomic E-state index is 11.5. The predicted octanol–water partition coefficient (Wildman–Crippen LogP) is -0.293. The van der Waals surface area contributed by atoms with Crippen molar-refractivity contribution >= 4 is 5.91 Å². The van der Waals surface area contributed by atoms with Crippen LogP contribution < -0.4 is 11.2 Å². The van der Waals surface area contributed by atoms with Crippen LogP contribution in [0.5, 0.6) is 0 Å². The van der Waals surface area contributed by atoms with Gasteiger partial charge in [-0.3, -0.25) is 10.2 Å². The average Bonchev–Trinajstić information content (AvgIpc) is 2.65. The van der Waals surface area contributed by atoms with Crippen LogP contribution in [-0.4, -0.2) is 30.6 Å². The van der Waals surface area contributed by atoms with Crippen molar-refractivity contribution in [1.82, 2.24) is 10.4 Å². The molecular formula is C8H17N3O. The first-order valence-electron chi connectivity index (χ1n) is 4.22. The van der Waals surface area contributed by atoms with Crippen molar-refractivity contribution in [3.05, 3.63) is 0 Å². The number of hydrazine groups is 1. The van der Waals surface area contributed by atoms with Crippen LogP contribution in [-0.2, 0) is 4.79 Å². The fourth-order valence-electron chi connectivity index (χ4n) is 1.19. The third-order valence-corrected chi connectivity index (χ3v) is 2.24. The van der Waals surface area contributed by atoms with E-state index >= 15 is 0 Å². The zero-order chi connectivity index (χ0) is 9.35. The Bertz CT molecular complexity index is 185. The van der Waals surface area contributed by atoms with Crippen LogP contribution in [0.4, 0.5) is 0 Å². The number of nitrogens with one attached hydrogen (secondary N) is 1. The lowest BCUT2D eigenvalue weighted by Gasteiger charge is -2.25. The normalized spacial score (nSPS) is 22.1. The van der Waals surface area contributed by atoms with E-state index in [4.69, 9.17) is 5.73 Å². The van der Waals surface area contributed by atoms with E-state index in [0.29, 0.717) is 5.92 Å². The van der Waals surface area contributed by atoms with Gasteiger partial charge in [-0.1, -0.05) is 0 Å². The fraction of sp³-hybridized carbons (Fsp3) is 0.875. The largest absolute Gasteiger partial charge is 0.317 e. The zero-order valence-electron chi connectivity index (χ0n) is 7.92. The molecule has 70 valence electrons. The molecule has 0 radical (unpaired) electrons. The van der Waals surface area contributed by atoms with Gasteiger partial charge < -0.3 is 5.73 Å². The summed E-state index contributed by atoms with van der Waals surface area (Å²) in [5, 5.41) is 1.62. The molecule has 1 aliphatic rings. The summed E-state index contributed by atoms with van der Waals surface area (Å²) in [6.45, 7) is 1.80. The fourth-order valence-corrected chi connectivity index (χ4v) is 1.19. The number of carbonyl (C=O) groups is 1. The van der Waals surface area contributed by atoms with Crippen molar-refractivity contribution < 1.29 is 4.79 Å². The second-order valence-electron chi connectivity index (χ2n) is 3.89. The molecule has 12 heavy (non-hydrogen) atoms. The van der Waals surface area contributed by atoms with Gasteiger partial charge in [0.1, 0.15) is 0 Å². The third-order valence-electron chi connectivity index (χ3n) is 2.24. The van der Waals surface area contributed by atoms with E-state index in [2.05, 4.69) is 5.43 Å². The first-order chi connectivity index (χ1) is 5.44. The molecule has 0 aromatic carbocycles. The number of amides is 1. The summed E-state index contributed by atoms with van der Waals surface area (Å²) in [5.41, 5.74) is 7.86. The average molecular weight is 171 g/mol. The second kappa shape index (κ2) is 3.03. The van der Waals surface area contributed by atoms with Gasteiger partial charge in [0, 0.05) is 14.1 Å². The van der Waals surface area contributed by atoms with Crippen LogP contribution in [0, 0.1) is 5.92 Å². The summed E-state index contributed by atoms with van der Waals surface area (Å²) >= 11 is 0. The molecule has 1 fully saturated rings. The van der Waals surface area contributed by atoms with Gasteiger partial charge in [-0.2, -0.15) is 0 Å². The standard InChI is InChI=1S/C8H17N3O/c1-8(9,6-4-5-6)7(12)10-11(2)3/h6H,4-5,9H2,1-3H3,(H,10,12). The monoisotopic (exact) mass is 171 g/mol. The lowest BCUT2D eigenvalue weighted by Crippen LogP contribution is -2.56. The molecule has 4 heteroatoms. The summed E-state index contributed by atoms with van der Waals surface area (Å²) < 4.78 is 0.